The van der Waals surface area contributed by atoms with Gasteiger partial charge in [0.05, 0.1) is 4.90 Å². The van der Waals surface area contributed by atoms with Gasteiger partial charge in [-0.2, -0.15) is 4.72 Å². The minimum absolute atomic E-state index is 0.156. The number of pyridine rings is 1. The molecule has 1 aromatic heterocycles. The monoisotopic (exact) mass is 466 g/mol. The van der Waals surface area contributed by atoms with E-state index in [0.29, 0.717) is 37.8 Å². The van der Waals surface area contributed by atoms with Gasteiger partial charge in [-0.3, -0.25) is 4.79 Å². The van der Waals surface area contributed by atoms with Gasteiger partial charge in [-0.1, -0.05) is 43.3 Å². The van der Waals surface area contributed by atoms with Gasteiger partial charge >= 0.3 is 0 Å². The molecule has 3 aromatic rings. The average molecular weight is 467 g/mol. The highest BCUT2D eigenvalue weighted by Gasteiger charge is 2.30. The summed E-state index contributed by atoms with van der Waals surface area (Å²) in [5.74, 6) is 1.09. The third kappa shape index (κ3) is 5.89. The fraction of sp³-hybridized carbons (Fsp3) is 0.360. The van der Waals surface area contributed by atoms with E-state index in [1.54, 1.807) is 29.3 Å². The Balaban J connectivity index is 1.52. The molecule has 33 heavy (non-hydrogen) atoms. The molecule has 1 aliphatic heterocycles. The molecule has 174 valence electrons. The molecule has 2 N–H and O–H groups in total. The third-order valence-electron chi connectivity index (χ3n) is 6.13. The van der Waals surface area contributed by atoms with Crippen LogP contribution in [0, 0.1) is 5.92 Å². The van der Waals surface area contributed by atoms with Gasteiger partial charge < -0.3 is 10.2 Å². The second kappa shape index (κ2) is 10.3. The van der Waals surface area contributed by atoms with Crippen molar-refractivity contribution in [3.05, 3.63) is 66.9 Å². The summed E-state index contributed by atoms with van der Waals surface area (Å²) in [6, 6.07) is 17.3. The van der Waals surface area contributed by atoms with Gasteiger partial charge in [-0.25, -0.2) is 13.4 Å². The van der Waals surface area contributed by atoms with Gasteiger partial charge in [-0.05, 0) is 60.2 Å². The van der Waals surface area contributed by atoms with E-state index < -0.39 is 16.1 Å². The third-order valence-corrected chi connectivity index (χ3v) is 7.60. The predicted molar refractivity (Wildman–Crippen MR) is 130 cm³/mol. The molecule has 1 amide bonds. The topological polar surface area (TPSA) is 91.4 Å². The Labute approximate surface area is 195 Å². The molecule has 1 unspecified atom stereocenters. The summed E-state index contributed by atoms with van der Waals surface area (Å²) in [5.41, 5.74) is 0. The first-order valence-corrected chi connectivity index (χ1v) is 12.9. The van der Waals surface area contributed by atoms with E-state index in [0.717, 1.165) is 23.6 Å². The predicted octanol–water partition coefficient (Wildman–Crippen LogP) is 3.64. The number of sulfonamides is 1. The Bertz CT molecular complexity index is 1190. The quantitative estimate of drug-likeness (QED) is 0.529. The molecule has 7 nitrogen and oxygen atoms in total. The lowest BCUT2D eigenvalue weighted by Gasteiger charge is -2.33. The number of carbonyl (C=O) groups excluding carboxylic acids is 1. The molecular formula is C25H30N4O3S. The van der Waals surface area contributed by atoms with Crippen LogP contribution in [-0.4, -0.2) is 49.9 Å². The van der Waals surface area contributed by atoms with Gasteiger partial charge in [0.2, 0.25) is 15.9 Å². The molecule has 1 atom stereocenters. The molecule has 1 saturated heterocycles. The van der Waals surface area contributed by atoms with E-state index in [1.807, 2.05) is 42.5 Å². The number of fused-ring (bicyclic) bond motifs is 1. The van der Waals surface area contributed by atoms with Gasteiger partial charge in [0.1, 0.15) is 11.9 Å². The van der Waals surface area contributed by atoms with Gasteiger partial charge in [-0.15, -0.1) is 0 Å². The first-order chi connectivity index (χ1) is 15.9. The van der Waals surface area contributed by atoms with Crippen LogP contribution in [0.1, 0.15) is 26.2 Å². The molecule has 0 bridgehead atoms. The summed E-state index contributed by atoms with van der Waals surface area (Å²) in [7, 11) is -3.88. The van der Waals surface area contributed by atoms with Crippen molar-refractivity contribution in [2.45, 2.75) is 37.1 Å². The van der Waals surface area contributed by atoms with E-state index in [9.17, 15) is 13.2 Å². The highest BCUT2D eigenvalue weighted by molar-refractivity contribution is 7.89. The van der Waals surface area contributed by atoms with Crippen molar-refractivity contribution in [3.63, 3.8) is 0 Å². The number of amides is 1. The van der Waals surface area contributed by atoms with Crippen molar-refractivity contribution in [2.24, 2.45) is 5.92 Å². The number of rotatable bonds is 8. The number of carbonyl (C=O) groups is 1. The highest BCUT2D eigenvalue weighted by Crippen LogP contribution is 2.21. The summed E-state index contributed by atoms with van der Waals surface area (Å²) in [6.07, 6.45) is 3.86. The van der Waals surface area contributed by atoms with Crippen LogP contribution in [-0.2, 0) is 14.8 Å². The van der Waals surface area contributed by atoms with Gasteiger partial charge in [0.15, 0.2) is 0 Å². The number of benzene rings is 2. The van der Waals surface area contributed by atoms with Crippen LogP contribution in [0.2, 0.25) is 0 Å². The normalized spacial score (nSPS) is 16.0. The Kier molecular flexibility index (Phi) is 7.25. The molecule has 0 saturated carbocycles. The van der Waals surface area contributed by atoms with Crippen molar-refractivity contribution in [3.8, 4) is 0 Å². The molecule has 0 spiro atoms. The van der Waals surface area contributed by atoms with Crippen LogP contribution in [0.4, 0.5) is 5.82 Å². The van der Waals surface area contributed by atoms with Crippen LogP contribution in [0.3, 0.4) is 0 Å². The zero-order valence-electron chi connectivity index (χ0n) is 18.8. The number of likely N-dealkylation sites (tertiary alicyclic amines) is 1. The second-order valence-electron chi connectivity index (χ2n) is 8.62. The number of anilines is 1. The lowest BCUT2D eigenvalue weighted by molar-refractivity contribution is -0.134. The first kappa shape index (κ1) is 23.2. The largest absolute Gasteiger partial charge is 0.370 e. The Hall–Kier alpha value is -2.97. The fourth-order valence-electron chi connectivity index (χ4n) is 4.08. The van der Waals surface area contributed by atoms with Crippen molar-refractivity contribution in [1.29, 1.82) is 0 Å². The summed E-state index contributed by atoms with van der Waals surface area (Å²) >= 11 is 0. The Morgan fingerprint density at radius 2 is 1.79 bits per heavy atom. The summed E-state index contributed by atoms with van der Waals surface area (Å²) in [5, 5.41) is 4.98. The van der Waals surface area contributed by atoms with Crippen LogP contribution in [0.15, 0.2) is 71.8 Å². The molecule has 2 aromatic carbocycles. The zero-order valence-corrected chi connectivity index (χ0v) is 19.6. The number of hydrogen-bond donors (Lipinski definition) is 2. The smallest absolute Gasteiger partial charge is 0.241 e. The maximum atomic E-state index is 13.3. The molecule has 4 rings (SSSR count). The lowest BCUT2D eigenvalue weighted by Crippen LogP contribution is -2.51. The number of hydrogen-bond acceptors (Lipinski definition) is 5. The van der Waals surface area contributed by atoms with Crippen molar-refractivity contribution in [1.82, 2.24) is 14.6 Å². The second-order valence-corrected chi connectivity index (χ2v) is 10.3. The maximum Gasteiger partial charge on any atom is 0.241 e. The van der Waals surface area contributed by atoms with Crippen molar-refractivity contribution in [2.75, 3.05) is 25.0 Å². The summed E-state index contributed by atoms with van der Waals surface area (Å²) in [4.78, 5) is 19.5. The zero-order chi connectivity index (χ0) is 23.3. The standard InChI is InChI=1S/C25H30N4O3S/c1-19-12-16-29(17-13-19)25(30)23(11-15-27-24-8-4-5-14-26-24)28-33(31,32)22-10-9-20-6-2-3-7-21(20)18-22/h2-10,14,18-19,23,28H,11-13,15-17H2,1H3,(H,26,27). The summed E-state index contributed by atoms with van der Waals surface area (Å²) < 4.78 is 29.2. The van der Waals surface area contributed by atoms with Gasteiger partial charge in [0.25, 0.3) is 0 Å². The van der Waals surface area contributed by atoms with Crippen LogP contribution < -0.4 is 10.0 Å². The highest BCUT2D eigenvalue weighted by atomic mass is 32.2. The van der Waals surface area contributed by atoms with Gasteiger partial charge in [0, 0.05) is 25.8 Å². The molecule has 1 fully saturated rings. The van der Waals surface area contributed by atoms with E-state index in [2.05, 4.69) is 21.9 Å². The van der Waals surface area contributed by atoms with Crippen LogP contribution >= 0.6 is 0 Å². The number of piperidine rings is 1. The number of nitrogens with one attached hydrogen (secondary N) is 2. The molecule has 0 radical (unpaired) electrons. The minimum Gasteiger partial charge on any atom is -0.370 e. The SMILES string of the molecule is CC1CCN(C(=O)C(CCNc2ccccn2)NS(=O)(=O)c2ccc3ccccc3c2)CC1. The molecule has 8 heteroatoms. The van der Waals surface area contributed by atoms with E-state index >= 15 is 0 Å². The average Bonchev–Trinajstić information content (AvgIpc) is 2.84. The maximum absolute atomic E-state index is 13.3. The van der Waals surface area contributed by atoms with E-state index in [-0.39, 0.29) is 10.8 Å². The van der Waals surface area contributed by atoms with Crippen LogP contribution in [0.25, 0.3) is 10.8 Å². The van der Waals surface area contributed by atoms with E-state index in [1.165, 1.54) is 0 Å². The lowest BCUT2D eigenvalue weighted by atomic mass is 9.98. The minimum atomic E-state index is -3.88. The summed E-state index contributed by atoms with van der Waals surface area (Å²) in [6.45, 7) is 3.90. The Morgan fingerprint density at radius 1 is 1.06 bits per heavy atom. The van der Waals surface area contributed by atoms with Crippen LogP contribution in [0.5, 0.6) is 0 Å². The van der Waals surface area contributed by atoms with Crippen molar-refractivity contribution < 1.29 is 13.2 Å². The fourth-order valence-corrected chi connectivity index (χ4v) is 5.34. The Morgan fingerprint density at radius 3 is 2.52 bits per heavy atom. The molecular weight excluding hydrogens is 436 g/mol. The first-order valence-electron chi connectivity index (χ1n) is 11.4. The van der Waals surface area contributed by atoms with E-state index in [4.69, 9.17) is 0 Å². The number of aromatic nitrogens is 1. The molecule has 1 aliphatic rings. The molecule has 2 heterocycles. The van der Waals surface area contributed by atoms with Crippen molar-refractivity contribution >= 4 is 32.5 Å². The molecule has 0 aliphatic carbocycles. The number of nitrogens with zero attached hydrogens (tertiary/aromatic N) is 2.